The van der Waals surface area contributed by atoms with Gasteiger partial charge in [0.25, 0.3) is 0 Å². The standard InChI is InChI=1S/C13H25N3O2/c1-3-16(9-10(2)13(14)15-18)12(17)8-11-6-4-5-7-11/h10-11,18H,3-9H2,1-2H3,(H2,14,15). The van der Waals surface area contributed by atoms with E-state index in [4.69, 9.17) is 10.9 Å². The largest absolute Gasteiger partial charge is 0.409 e. The summed E-state index contributed by atoms with van der Waals surface area (Å²) in [5, 5.41) is 11.6. The van der Waals surface area contributed by atoms with E-state index >= 15 is 0 Å². The molecule has 104 valence electrons. The quantitative estimate of drug-likeness (QED) is 0.329. The van der Waals surface area contributed by atoms with Crippen molar-refractivity contribution in [1.82, 2.24) is 4.90 Å². The molecule has 5 heteroatoms. The molecule has 1 fully saturated rings. The lowest BCUT2D eigenvalue weighted by atomic mass is 10.0. The second-order valence-corrected chi connectivity index (χ2v) is 5.21. The highest BCUT2D eigenvalue weighted by Gasteiger charge is 2.23. The first kappa shape index (κ1) is 14.8. The molecule has 0 saturated heterocycles. The molecule has 0 aliphatic heterocycles. The molecule has 18 heavy (non-hydrogen) atoms. The zero-order valence-electron chi connectivity index (χ0n) is 11.4. The summed E-state index contributed by atoms with van der Waals surface area (Å²) in [7, 11) is 0. The minimum Gasteiger partial charge on any atom is -0.409 e. The van der Waals surface area contributed by atoms with Crippen molar-refractivity contribution in [3.8, 4) is 0 Å². The van der Waals surface area contributed by atoms with Gasteiger partial charge in [-0.1, -0.05) is 24.9 Å². The number of rotatable bonds is 6. The summed E-state index contributed by atoms with van der Waals surface area (Å²) in [4.78, 5) is 14.0. The third-order valence-electron chi connectivity index (χ3n) is 3.79. The number of oxime groups is 1. The van der Waals surface area contributed by atoms with Gasteiger partial charge in [0.1, 0.15) is 5.84 Å². The van der Waals surface area contributed by atoms with Crippen molar-refractivity contribution in [1.29, 1.82) is 0 Å². The summed E-state index contributed by atoms with van der Waals surface area (Å²) in [5.74, 6) is 0.831. The van der Waals surface area contributed by atoms with E-state index in [-0.39, 0.29) is 17.7 Å². The molecule has 0 spiro atoms. The van der Waals surface area contributed by atoms with Crippen LogP contribution in [0.2, 0.25) is 0 Å². The Labute approximate surface area is 109 Å². The van der Waals surface area contributed by atoms with Gasteiger partial charge in [0.05, 0.1) is 0 Å². The van der Waals surface area contributed by atoms with Crippen LogP contribution in [0.5, 0.6) is 0 Å². The molecule has 1 unspecified atom stereocenters. The van der Waals surface area contributed by atoms with Crippen LogP contribution in [0.3, 0.4) is 0 Å². The molecule has 1 atom stereocenters. The van der Waals surface area contributed by atoms with E-state index in [1.165, 1.54) is 25.7 Å². The first-order chi connectivity index (χ1) is 8.58. The van der Waals surface area contributed by atoms with Crippen LogP contribution in [0.1, 0.15) is 46.0 Å². The van der Waals surface area contributed by atoms with Gasteiger partial charge in [-0.2, -0.15) is 0 Å². The normalized spacial score (nSPS) is 18.9. The zero-order valence-corrected chi connectivity index (χ0v) is 11.4. The van der Waals surface area contributed by atoms with Crippen LogP contribution < -0.4 is 5.73 Å². The molecule has 0 aromatic carbocycles. The van der Waals surface area contributed by atoms with Gasteiger partial charge in [-0.3, -0.25) is 4.79 Å². The molecular weight excluding hydrogens is 230 g/mol. The van der Waals surface area contributed by atoms with Crippen LogP contribution >= 0.6 is 0 Å². The Hall–Kier alpha value is -1.26. The molecule has 0 bridgehead atoms. The smallest absolute Gasteiger partial charge is 0.222 e. The molecule has 0 aromatic heterocycles. The summed E-state index contributed by atoms with van der Waals surface area (Å²) in [6, 6.07) is 0. The Balaban J connectivity index is 2.46. The maximum atomic E-state index is 12.2. The van der Waals surface area contributed by atoms with E-state index in [1.807, 2.05) is 13.8 Å². The average Bonchev–Trinajstić information content (AvgIpc) is 2.87. The van der Waals surface area contributed by atoms with E-state index in [2.05, 4.69) is 5.16 Å². The molecule has 3 N–H and O–H groups in total. The number of hydrogen-bond acceptors (Lipinski definition) is 3. The lowest BCUT2D eigenvalue weighted by molar-refractivity contribution is -0.132. The van der Waals surface area contributed by atoms with Crippen LogP contribution in [-0.4, -0.2) is 34.9 Å². The maximum absolute atomic E-state index is 12.2. The van der Waals surface area contributed by atoms with Crippen molar-refractivity contribution < 1.29 is 10.0 Å². The number of nitrogens with zero attached hydrogens (tertiary/aromatic N) is 2. The fraction of sp³-hybridized carbons (Fsp3) is 0.846. The summed E-state index contributed by atoms with van der Waals surface area (Å²) < 4.78 is 0. The van der Waals surface area contributed by atoms with Gasteiger partial charge in [0.15, 0.2) is 0 Å². The third-order valence-corrected chi connectivity index (χ3v) is 3.79. The summed E-state index contributed by atoms with van der Waals surface area (Å²) >= 11 is 0. The van der Waals surface area contributed by atoms with Crippen molar-refractivity contribution in [3.05, 3.63) is 0 Å². The van der Waals surface area contributed by atoms with Crippen molar-refractivity contribution in [2.24, 2.45) is 22.7 Å². The first-order valence-electron chi connectivity index (χ1n) is 6.83. The Morgan fingerprint density at radius 1 is 1.50 bits per heavy atom. The predicted octanol–water partition coefficient (Wildman–Crippen LogP) is 1.80. The van der Waals surface area contributed by atoms with Gasteiger partial charge < -0.3 is 15.8 Å². The molecule has 1 aliphatic carbocycles. The molecule has 1 aliphatic rings. The minimum atomic E-state index is -0.109. The van der Waals surface area contributed by atoms with Crippen molar-refractivity contribution in [3.63, 3.8) is 0 Å². The monoisotopic (exact) mass is 255 g/mol. The maximum Gasteiger partial charge on any atom is 0.222 e. The average molecular weight is 255 g/mol. The Morgan fingerprint density at radius 2 is 2.11 bits per heavy atom. The minimum absolute atomic E-state index is 0.109. The molecule has 0 radical (unpaired) electrons. The highest BCUT2D eigenvalue weighted by molar-refractivity contribution is 5.83. The topological polar surface area (TPSA) is 78.9 Å². The van der Waals surface area contributed by atoms with Gasteiger partial charge in [-0.15, -0.1) is 0 Å². The lowest BCUT2D eigenvalue weighted by Gasteiger charge is -2.25. The van der Waals surface area contributed by atoms with E-state index in [0.717, 1.165) is 0 Å². The van der Waals surface area contributed by atoms with Crippen LogP contribution in [0.25, 0.3) is 0 Å². The number of nitrogens with two attached hydrogens (primary N) is 1. The molecular formula is C13H25N3O2. The van der Waals surface area contributed by atoms with Crippen molar-refractivity contribution >= 4 is 11.7 Å². The fourth-order valence-electron chi connectivity index (χ4n) is 2.52. The number of carbonyl (C=O) groups excluding carboxylic acids is 1. The molecule has 1 rings (SSSR count). The molecule has 0 heterocycles. The van der Waals surface area contributed by atoms with Gasteiger partial charge in [-0.05, 0) is 25.7 Å². The fourth-order valence-corrected chi connectivity index (χ4v) is 2.52. The third kappa shape index (κ3) is 4.20. The second-order valence-electron chi connectivity index (χ2n) is 5.21. The van der Waals surface area contributed by atoms with E-state index in [0.29, 0.717) is 25.4 Å². The number of carbonyl (C=O) groups is 1. The Morgan fingerprint density at radius 3 is 2.61 bits per heavy atom. The molecule has 0 aromatic rings. The van der Waals surface area contributed by atoms with E-state index in [1.54, 1.807) is 4.90 Å². The first-order valence-corrected chi connectivity index (χ1v) is 6.83. The zero-order chi connectivity index (χ0) is 13.5. The predicted molar refractivity (Wildman–Crippen MR) is 71.4 cm³/mol. The van der Waals surface area contributed by atoms with Crippen LogP contribution in [0.4, 0.5) is 0 Å². The van der Waals surface area contributed by atoms with E-state index in [9.17, 15) is 4.79 Å². The molecule has 1 saturated carbocycles. The summed E-state index contributed by atoms with van der Waals surface area (Å²) in [5.41, 5.74) is 5.55. The molecule has 1 amide bonds. The van der Waals surface area contributed by atoms with Gasteiger partial charge in [0, 0.05) is 25.4 Å². The number of amidine groups is 1. The van der Waals surface area contributed by atoms with Crippen LogP contribution in [-0.2, 0) is 4.79 Å². The Kier molecular flexibility index (Phi) is 5.95. The van der Waals surface area contributed by atoms with Gasteiger partial charge in [-0.25, -0.2) is 0 Å². The van der Waals surface area contributed by atoms with Gasteiger partial charge >= 0.3 is 0 Å². The number of amides is 1. The van der Waals surface area contributed by atoms with Gasteiger partial charge in [0.2, 0.25) is 5.91 Å². The van der Waals surface area contributed by atoms with E-state index < -0.39 is 0 Å². The highest BCUT2D eigenvalue weighted by atomic mass is 16.4. The number of hydrogen-bond donors (Lipinski definition) is 2. The lowest BCUT2D eigenvalue weighted by Crippen LogP contribution is -2.39. The SMILES string of the molecule is CCN(CC(C)/C(N)=N/O)C(=O)CC1CCCC1. The van der Waals surface area contributed by atoms with Crippen molar-refractivity contribution in [2.75, 3.05) is 13.1 Å². The Bertz CT molecular complexity index is 299. The highest BCUT2D eigenvalue weighted by Crippen LogP contribution is 2.28. The van der Waals surface area contributed by atoms with Crippen LogP contribution in [0, 0.1) is 11.8 Å². The van der Waals surface area contributed by atoms with Crippen molar-refractivity contribution in [2.45, 2.75) is 46.0 Å². The summed E-state index contributed by atoms with van der Waals surface area (Å²) in [6.45, 7) is 5.03. The second kappa shape index (κ2) is 7.24. The summed E-state index contributed by atoms with van der Waals surface area (Å²) in [6.07, 6.45) is 5.52. The van der Waals surface area contributed by atoms with Crippen LogP contribution in [0.15, 0.2) is 5.16 Å². The molecule has 5 nitrogen and oxygen atoms in total.